The minimum atomic E-state index is 0.559. The molecule has 0 spiro atoms. The standard InChI is InChI=1S/C15H18N2O/c1-3-16-15-10-13(8-9-17-15)11-18-14-6-4-12(2)5-7-14/h4-10H,3,11H2,1-2H3,(H,16,17). The Labute approximate surface area is 108 Å². The number of anilines is 1. The van der Waals surface area contributed by atoms with Crippen LogP contribution in [-0.4, -0.2) is 11.5 Å². The molecule has 1 aromatic carbocycles. The van der Waals surface area contributed by atoms with Gasteiger partial charge in [-0.05, 0) is 43.7 Å². The number of nitrogens with one attached hydrogen (secondary N) is 1. The summed E-state index contributed by atoms with van der Waals surface area (Å²) in [5.74, 6) is 1.78. The lowest BCUT2D eigenvalue weighted by atomic mass is 10.2. The Morgan fingerprint density at radius 1 is 1.17 bits per heavy atom. The van der Waals surface area contributed by atoms with E-state index in [-0.39, 0.29) is 0 Å². The maximum Gasteiger partial charge on any atom is 0.126 e. The van der Waals surface area contributed by atoms with Crippen molar-refractivity contribution in [2.24, 2.45) is 0 Å². The molecule has 1 N–H and O–H groups in total. The number of hydrogen-bond acceptors (Lipinski definition) is 3. The van der Waals surface area contributed by atoms with Crippen LogP contribution >= 0.6 is 0 Å². The Morgan fingerprint density at radius 3 is 2.67 bits per heavy atom. The number of benzene rings is 1. The molecule has 2 rings (SSSR count). The van der Waals surface area contributed by atoms with Gasteiger partial charge >= 0.3 is 0 Å². The van der Waals surface area contributed by atoms with E-state index in [1.807, 2.05) is 36.4 Å². The average molecular weight is 242 g/mol. The first-order valence-electron chi connectivity index (χ1n) is 6.16. The van der Waals surface area contributed by atoms with Crippen LogP contribution in [-0.2, 0) is 6.61 Å². The Bertz CT molecular complexity index is 494. The lowest BCUT2D eigenvalue weighted by molar-refractivity contribution is 0.306. The van der Waals surface area contributed by atoms with Gasteiger partial charge in [0.2, 0.25) is 0 Å². The van der Waals surface area contributed by atoms with E-state index in [0.29, 0.717) is 6.61 Å². The number of aryl methyl sites for hydroxylation is 1. The average Bonchev–Trinajstić information content (AvgIpc) is 2.39. The molecule has 0 aliphatic heterocycles. The first-order valence-corrected chi connectivity index (χ1v) is 6.16. The van der Waals surface area contributed by atoms with Gasteiger partial charge in [-0.15, -0.1) is 0 Å². The van der Waals surface area contributed by atoms with Crippen molar-refractivity contribution in [2.75, 3.05) is 11.9 Å². The van der Waals surface area contributed by atoms with Crippen LogP contribution < -0.4 is 10.1 Å². The largest absolute Gasteiger partial charge is 0.489 e. The summed E-state index contributed by atoms with van der Waals surface area (Å²) < 4.78 is 5.72. The van der Waals surface area contributed by atoms with E-state index < -0.39 is 0 Å². The molecule has 0 aliphatic carbocycles. The van der Waals surface area contributed by atoms with Crippen LogP contribution in [0.4, 0.5) is 5.82 Å². The molecular weight excluding hydrogens is 224 g/mol. The second kappa shape index (κ2) is 6.05. The van der Waals surface area contributed by atoms with Crippen LogP contribution in [0.2, 0.25) is 0 Å². The molecule has 0 aliphatic rings. The zero-order valence-corrected chi connectivity index (χ0v) is 10.8. The molecule has 1 heterocycles. The van der Waals surface area contributed by atoms with E-state index in [0.717, 1.165) is 23.7 Å². The fourth-order valence-electron chi connectivity index (χ4n) is 1.64. The highest BCUT2D eigenvalue weighted by atomic mass is 16.5. The number of hydrogen-bond donors (Lipinski definition) is 1. The molecular formula is C15H18N2O. The molecule has 2 aromatic rings. The first-order chi connectivity index (χ1) is 8.78. The Balaban J connectivity index is 1.97. The van der Waals surface area contributed by atoms with E-state index in [1.165, 1.54) is 5.56 Å². The van der Waals surface area contributed by atoms with Gasteiger partial charge in [-0.3, -0.25) is 0 Å². The summed E-state index contributed by atoms with van der Waals surface area (Å²) in [5, 5.41) is 3.19. The van der Waals surface area contributed by atoms with Crippen LogP contribution in [0.15, 0.2) is 42.6 Å². The summed E-state index contributed by atoms with van der Waals surface area (Å²) in [6.45, 7) is 5.55. The molecule has 0 bridgehead atoms. The fraction of sp³-hybridized carbons (Fsp3) is 0.267. The molecule has 0 radical (unpaired) electrons. The summed E-state index contributed by atoms with van der Waals surface area (Å²) >= 11 is 0. The molecule has 18 heavy (non-hydrogen) atoms. The first kappa shape index (κ1) is 12.4. The quantitative estimate of drug-likeness (QED) is 0.872. The van der Waals surface area contributed by atoms with Crippen molar-refractivity contribution >= 4 is 5.82 Å². The van der Waals surface area contributed by atoms with Gasteiger partial charge < -0.3 is 10.1 Å². The van der Waals surface area contributed by atoms with Crippen LogP contribution in [0, 0.1) is 6.92 Å². The molecule has 0 unspecified atom stereocenters. The van der Waals surface area contributed by atoms with Crippen LogP contribution in [0.5, 0.6) is 5.75 Å². The Hall–Kier alpha value is -2.03. The maximum absolute atomic E-state index is 5.72. The molecule has 3 heteroatoms. The van der Waals surface area contributed by atoms with Crippen LogP contribution in [0.3, 0.4) is 0 Å². The van der Waals surface area contributed by atoms with Crippen molar-refractivity contribution in [3.8, 4) is 5.75 Å². The maximum atomic E-state index is 5.72. The van der Waals surface area contributed by atoms with Gasteiger partial charge in [-0.2, -0.15) is 0 Å². The van der Waals surface area contributed by atoms with E-state index >= 15 is 0 Å². The van der Waals surface area contributed by atoms with Crippen molar-refractivity contribution in [1.82, 2.24) is 4.98 Å². The summed E-state index contributed by atoms with van der Waals surface area (Å²) in [6.07, 6.45) is 1.80. The molecule has 0 amide bonds. The summed E-state index contributed by atoms with van der Waals surface area (Å²) in [6, 6.07) is 12.0. The normalized spacial score (nSPS) is 10.1. The predicted octanol–water partition coefficient (Wildman–Crippen LogP) is 3.40. The lowest BCUT2D eigenvalue weighted by Gasteiger charge is -2.08. The van der Waals surface area contributed by atoms with E-state index in [2.05, 4.69) is 24.1 Å². The molecule has 0 atom stereocenters. The molecule has 0 saturated heterocycles. The molecule has 0 fully saturated rings. The zero-order valence-electron chi connectivity index (χ0n) is 10.8. The van der Waals surface area contributed by atoms with Crippen molar-refractivity contribution in [3.05, 3.63) is 53.7 Å². The van der Waals surface area contributed by atoms with Crippen LogP contribution in [0.1, 0.15) is 18.1 Å². The summed E-state index contributed by atoms with van der Waals surface area (Å²) in [4.78, 5) is 4.23. The molecule has 0 saturated carbocycles. The highest BCUT2D eigenvalue weighted by molar-refractivity contribution is 5.37. The summed E-state index contributed by atoms with van der Waals surface area (Å²) in [5.41, 5.74) is 2.35. The number of aromatic nitrogens is 1. The van der Waals surface area contributed by atoms with Crippen molar-refractivity contribution in [2.45, 2.75) is 20.5 Å². The van der Waals surface area contributed by atoms with Crippen molar-refractivity contribution in [1.29, 1.82) is 0 Å². The third-order valence-electron chi connectivity index (χ3n) is 2.61. The van der Waals surface area contributed by atoms with Crippen molar-refractivity contribution < 1.29 is 4.74 Å². The van der Waals surface area contributed by atoms with E-state index in [1.54, 1.807) is 6.20 Å². The van der Waals surface area contributed by atoms with Gasteiger partial charge in [0.15, 0.2) is 0 Å². The van der Waals surface area contributed by atoms with Crippen LogP contribution in [0.25, 0.3) is 0 Å². The smallest absolute Gasteiger partial charge is 0.126 e. The number of pyridine rings is 1. The van der Waals surface area contributed by atoms with Gasteiger partial charge in [-0.1, -0.05) is 17.7 Å². The SMILES string of the molecule is CCNc1cc(COc2ccc(C)cc2)ccn1. The summed E-state index contributed by atoms with van der Waals surface area (Å²) in [7, 11) is 0. The monoisotopic (exact) mass is 242 g/mol. The van der Waals surface area contributed by atoms with Crippen molar-refractivity contribution in [3.63, 3.8) is 0 Å². The third-order valence-corrected chi connectivity index (χ3v) is 2.61. The van der Waals surface area contributed by atoms with Gasteiger partial charge in [-0.25, -0.2) is 4.98 Å². The zero-order chi connectivity index (χ0) is 12.8. The number of rotatable bonds is 5. The number of ether oxygens (including phenoxy) is 1. The topological polar surface area (TPSA) is 34.1 Å². The number of nitrogens with zero attached hydrogens (tertiary/aromatic N) is 1. The lowest BCUT2D eigenvalue weighted by Crippen LogP contribution is -2.01. The minimum absolute atomic E-state index is 0.559. The fourth-order valence-corrected chi connectivity index (χ4v) is 1.64. The highest BCUT2D eigenvalue weighted by Gasteiger charge is 1.98. The second-order valence-corrected chi connectivity index (χ2v) is 4.18. The van der Waals surface area contributed by atoms with Gasteiger partial charge in [0, 0.05) is 12.7 Å². The molecule has 1 aromatic heterocycles. The molecule has 94 valence electrons. The second-order valence-electron chi connectivity index (χ2n) is 4.18. The van der Waals surface area contributed by atoms with E-state index in [9.17, 15) is 0 Å². The van der Waals surface area contributed by atoms with Gasteiger partial charge in [0.05, 0.1) is 0 Å². The minimum Gasteiger partial charge on any atom is -0.489 e. The Morgan fingerprint density at radius 2 is 1.94 bits per heavy atom. The predicted molar refractivity (Wildman–Crippen MR) is 73.9 cm³/mol. The third kappa shape index (κ3) is 3.48. The highest BCUT2D eigenvalue weighted by Crippen LogP contribution is 2.14. The van der Waals surface area contributed by atoms with Gasteiger partial charge in [0.1, 0.15) is 18.2 Å². The molecule has 3 nitrogen and oxygen atoms in total. The van der Waals surface area contributed by atoms with E-state index in [4.69, 9.17) is 4.74 Å². The van der Waals surface area contributed by atoms with Gasteiger partial charge in [0.25, 0.3) is 0 Å². The Kier molecular flexibility index (Phi) is 4.18.